The number of piperidine rings is 2. The van der Waals surface area contributed by atoms with E-state index in [1.54, 1.807) is 0 Å². The summed E-state index contributed by atoms with van der Waals surface area (Å²) < 4.78 is 2.14. The fourth-order valence-corrected chi connectivity index (χ4v) is 4.17. The second-order valence-electron chi connectivity index (χ2n) is 7.92. The SMILES string of the molecule is CC(C)n1cnnc1CN1CCC2(CCC(=O)N(CCCO)C2)CC1. The number of amides is 1. The highest BCUT2D eigenvalue weighted by molar-refractivity contribution is 5.77. The molecule has 0 bridgehead atoms. The van der Waals surface area contributed by atoms with Gasteiger partial charge in [0.1, 0.15) is 12.2 Å². The van der Waals surface area contributed by atoms with Crippen molar-refractivity contribution < 1.29 is 9.90 Å². The number of nitrogens with zero attached hydrogens (tertiary/aromatic N) is 5. The minimum absolute atomic E-state index is 0.154. The lowest BCUT2D eigenvalue weighted by atomic mass is 9.72. The Morgan fingerprint density at radius 1 is 1.28 bits per heavy atom. The molecule has 1 N–H and O–H groups in total. The van der Waals surface area contributed by atoms with Crippen LogP contribution in [0, 0.1) is 5.41 Å². The molecule has 1 aromatic heterocycles. The molecule has 0 saturated carbocycles. The van der Waals surface area contributed by atoms with Crippen LogP contribution in [0.2, 0.25) is 0 Å². The van der Waals surface area contributed by atoms with Crippen molar-refractivity contribution in [1.29, 1.82) is 0 Å². The highest BCUT2D eigenvalue weighted by Crippen LogP contribution is 2.40. The largest absolute Gasteiger partial charge is 0.396 e. The molecule has 1 aromatic rings. The van der Waals surface area contributed by atoms with Crippen molar-refractivity contribution in [3.05, 3.63) is 12.2 Å². The molecular formula is C18H31N5O2. The van der Waals surface area contributed by atoms with Gasteiger partial charge in [0.25, 0.3) is 0 Å². The van der Waals surface area contributed by atoms with Crippen molar-refractivity contribution in [3.63, 3.8) is 0 Å². The lowest BCUT2D eigenvalue weighted by molar-refractivity contribution is -0.139. The van der Waals surface area contributed by atoms with E-state index < -0.39 is 0 Å². The van der Waals surface area contributed by atoms with Gasteiger partial charge < -0.3 is 14.6 Å². The predicted octanol–water partition coefficient (Wildman–Crippen LogP) is 1.45. The number of carbonyl (C=O) groups is 1. The summed E-state index contributed by atoms with van der Waals surface area (Å²) in [6.45, 7) is 8.96. The molecule has 2 saturated heterocycles. The Labute approximate surface area is 150 Å². The zero-order valence-electron chi connectivity index (χ0n) is 15.5. The Bertz CT molecular complexity index is 578. The number of hydrogen-bond acceptors (Lipinski definition) is 5. The summed E-state index contributed by atoms with van der Waals surface area (Å²) in [5.41, 5.74) is 0.269. The van der Waals surface area contributed by atoms with Crippen molar-refractivity contribution in [2.24, 2.45) is 5.41 Å². The monoisotopic (exact) mass is 349 g/mol. The van der Waals surface area contributed by atoms with Gasteiger partial charge in [0.2, 0.25) is 5.91 Å². The number of aromatic nitrogens is 3. The molecule has 0 unspecified atom stereocenters. The molecule has 0 aromatic carbocycles. The number of rotatable bonds is 6. The minimum Gasteiger partial charge on any atom is -0.396 e. The van der Waals surface area contributed by atoms with E-state index in [0.717, 1.165) is 51.3 Å². The van der Waals surface area contributed by atoms with E-state index in [9.17, 15) is 4.79 Å². The first-order chi connectivity index (χ1) is 12.0. The minimum atomic E-state index is 0.154. The van der Waals surface area contributed by atoms with Crippen LogP contribution >= 0.6 is 0 Å². The second-order valence-corrected chi connectivity index (χ2v) is 7.92. The van der Waals surface area contributed by atoms with E-state index >= 15 is 0 Å². The fourth-order valence-electron chi connectivity index (χ4n) is 4.17. The summed E-state index contributed by atoms with van der Waals surface area (Å²) in [5.74, 6) is 1.29. The van der Waals surface area contributed by atoms with Crippen molar-refractivity contribution in [3.8, 4) is 0 Å². The average molecular weight is 349 g/mol. The van der Waals surface area contributed by atoms with Crippen LogP contribution in [0.1, 0.15) is 57.8 Å². The van der Waals surface area contributed by atoms with Gasteiger partial charge >= 0.3 is 0 Å². The van der Waals surface area contributed by atoms with E-state index in [1.165, 1.54) is 0 Å². The molecule has 2 aliphatic rings. The van der Waals surface area contributed by atoms with E-state index in [0.29, 0.717) is 25.4 Å². The second kappa shape index (κ2) is 7.83. The predicted molar refractivity (Wildman–Crippen MR) is 94.9 cm³/mol. The van der Waals surface area contributed by atoms with E-state index in [4.69, 9.17) is 5.11 Å². The maximum atomic E-state index is 12.1. The quantitative estimate of drug-likeness (QED) is 0.841. The van der Waals surface area contributed by atoms with Gasteiger partial charge in [-0.2, -0.15) is 0 Å². The lowest BCUT2D eigenvalue weighted by Crippen LogP contribution is -2.51. The molecule has 7 nitrogen and oxygen atoms in total. The van der Waals surface area contributed by atoms with Crippen molar-refractivity contribution in [1.82, 2.24) is 24.6 Å². The molecule has 0 radical (unpaired) electrons. The maximum absolute atomic E-state index is 12.1. The van der Waals surface area contributed by atoms with Crippen LogP contribution in [0.25, 0.3) is 0 Å². The molecule has 7 heteroatoms. The number of hydrogen-bond donors (Lipinski definition) is 1. The normalized spacial score (nSPS) is 21.4. The van der Waals surface area contributed by atoms with E-state index in [1.807, 2.05) is 11.2 Å². The lowest BCUT2D eigenvalue weighted by Gasteiger charge is -2.47. The zero-order valence-corrected chi connectivity index (χ0v) is 15.5. The highest BCUT2D eigenvalue weighted by atomic mass is 16.3. The smallest absolute Gasteiger partial charge is 0.222 e. The van der Waals surface area contributed by atoms with Crippen molar-refractivity contribution in [2.45, 2.75) is 58.5 Å². The topological polar surface area (TPSA) is 74.5 Å². The van der Waals surface area contributed by atoms with E-state index in [-0.39, 0.29) is 17.9 Å². The molecule has 3 heterocycles. The number of aliphatic hydroxyl groups excluding tert-OH is 1. The molecule has 0 aliphatic carbocycles. The maximum Gasteiger partial charge on any atom is 0.222 e. The third kappa shape index (κ3) is 4.20. The first-order valence-corrected chi connectivity index (χ1v) is 9.52. The standard InChI is InChI=1S/C18H31N5O2/c1-15(2)23-14-19-20-16(23)12-21-9-6-18(7-10-21)5-4-17(25)22(13-18)8-3-11-24/h14-15,24H,3-13H2,1-2H3. The molecule has 2 fully saturated rings. The molecular weight excluding hydrogens is 318 g/mol. The Kier molecular flexibility index (Phi) is 5.74. The van der Waals surface area contributed by atoms with Gasteiger partial charge in [-0.1, -0.05) is 0 Å². The summed E-state index contributed by atoms with van der Waals surface area (Å²) in [6.07, 6.45) is 6.43. The third-order valence-electron chi connectivity index (χ3n) is 5.82. The van der Waals surface area contributed by atoms with Gasteiger partial charge in [-0.05, 0) is 58.0 Å². The van der Waals surface area contributed by atoms with E-state index in [2.05, 4.69) is 33.5 Å². The van der Waals surface area contributed by atoms with Gasteiger partial charge in [0.15, 0.2) is 0 Å². The summed E-state index contributed by atoms with van der Waals surface area (Å²) in [7, 11) is 0. The summed E-state index contributed by atoms with van der Waals surface area (Å²) in [6, 6.07) is 0.380. The summed E-state index contributed by atoms with van der Waals surface area (Å²) in [4.78, 5) is 16.6. The molecule has 140 valence electrons. The van der Waals surface area contributed by atoms with Crippen LogP contribution < -0.4 is 0 Å². The highest BCUT2D eigenvalue weighted by Gasteiger charge is 2.40. The van der Waals surface area contributed by atoms with Gasteiger partial charge in [-0.15, -0.1) is 10.2 Å². The summed E-state index contributed by atoms with van der Waals surface area (Å²) in [5, 5.41) is 17.4. The van der Waals surface area contributed by atoms with Crippen molar-refractivity contribution in [2.75, 3.05) is 32.8 Å². The van der Waals surface area contributed by atoms with Gasteiger partial charge in [-0.3, -0.25) is 9.69 Å². The number of carbonyl (C=O) groups excluding carboxylic acids is 1. The van der Waals surface area contributed by atoms with Gasteiger partial charge in [-0.25, -0.2) is 0 Å². The molecule has 1 amide bonds. The zero-order chi connectivity index (χ0) is 17.9. The molecule has 3 rings (SSSR count). The third-order valence-corrected chi connectivity index (χ3v) is 5.82. The Balaban J connectivity index is 1.56. The van der Waals surface area contributed by atoms with Gasteiger partial charge in [0.05, 0.1) is 6.54 Å². The fraction of sp³-hybridized carbons (Fsp3) is 0.833. The van der Waals surface area contributed by atoms with Crippen LogP contribution in [0.5, 0.6) is 0 Å². The van der Waals surface area contributed by atoms with Crippen LogP contribution in [0.4, 0.5) is 0 Å². The van der Waals surface area contributed by atoms with Gasteiger partial charge in [0, 0.05) is 32.2 Å². The van der Waals surface area contributed by atoms with Crippen LogP contribution in [0.3, 0.4) is 0 Å². The molecule has 1 spiro atoms. The van der Waals surface area contributed by atoms with Crippen LogP contribution in [-0.2, 0) is 11.3 Å². The molecule has 25 heavy (non-hydrogen) atoms. The first kappa shape index (κ1) is 18.3. The van der Waals surface area contributed by atoms with Crippen molar-refractivity contribution >= 4 is 5.91 Å². The number of likely N-dealkylation sites (tertiary alicyclic amines) is 2. The Hall–Kier alpha value is -1.47. The molecule has 0 atom stereocenters. The van der Waals surface area contributed by atoms with Crippen LogP contribution in [0.15, 0.2) is 6.33 Å². The Morgan fingerprint density at radius 3 is 2.72 bits per heavy atom. The molecule has 2 aliphatic heterocycles. The number of aliphatic hydroxyl groups is 1. The Morgan fingerprint density at radius 2 is 2.04 bits per heavy atom. The average Bonchev–Trinajstić information content (AvgIpc) is 3.06. The first-order valence-electron chi connectivity index (χ1n) is 9.52. The van der Waals surface area contributed by atoms with Crippen LogP contribution in [-0.4, -0.2) is 68.4 Å². The summed E-state index contributed by atoms with van der Waals surface area (Å²) >= 11 is 0.